The summed E-state index contributed by atoms with van der Waals surface area (Å²) >= 11 is 0. The topological polar surface area (TPSA) is 58.4 Å². The molecule has 2 aromatic rings. The molecule has 0 bridgehead atoms. The van der Waals surface area contributed by atoms with Crippen LogP contribution < -0.4 is 10.6 Å². The molecule has 1 saturated carbocycles. The molecule has 4 rings (SSSR count). The molecule has 2 N–H and O–H groups in total. The minimum atomic E-state index is -4.81. The standard InChI is InChI=1S/C18H20F4N4O/c1-16(2,25-14(27)11-9-7-23-8-17(9,11)3)15-24-13(18(20,21)22)12-10(19)5-4-6-26(12)15/h4-6,9,11,23H,7-8H2,1-3H3,(H,25,27)/t9-,11+,17-/m1/s1. The van der Waals surface area contributed by atoms with Crippen LogP contribution in [-0.2, 0) is 16.5 Å². The van der Waals surface area contributed by atoms with Crippen LogP contribution in [0.5, 0.6) is 0 Å². The van der Waals surface area contributed by atoms with Crippen LogP contribution in [0.25, 0.3) is 5.52 Å². The van der Waals surface area contributed by atoms with Gasteiger partial charge in [0.2, 0.25) is 5.91 Å². The molecule has 5 nitrogen and oxygen atoms in total. The van der Waals surface area contributed by atoms with E-state index in [-0.39, 0.29) is 29.0 Å². The highest BCUT2D eigenvalue weighted by atomic mass is 19.4. The average Bonchev–Trinajstić information content (AvgIpc) is 2.88. The number of carbonyl (C=O) groups is 1. The predicted octanol–water partition coefficient (Wildman–Crippen LogP) is 2.70. The third-order valence-corrected chi connectivity index (χ3v) is 5.88. The highest BCUT2D eigenvalue weighted by molar-refractivity contribution is 5.84. The predicted molar refractivity (Wildman–Crippen MR) is 89.3 cm³/mol. The summed E-state index contributed by atoms with van der Waals surface area (Å²) in [6.07, 6.45) is -3.49. The summed E-state index contributed by atoms with van der Waals surface area (Å²) in [5.74, 6) is -1.24. The van der Waals surface area contributed by atoms with E-state index >= 15 is 0 Å². The van der Waals surface area contributed by atoms with Crippen LogP contribution in [0.2, 0.25) is 0 Å². The molecule has 1 aliphatic carbocycles. The van der Waals surface area contributed by atoms with E-state index in [0.717, 1.165) is 23.6 Å². The van der Waals surface area contributed by atoms with Gasteiger partial charge in [-0.15, -0.1) is 0 Å². The number of pyridine rings is 1. The van der Waals surface area contributed by atoms with E-state index in [1.807, 2.05) is 6.92 Å². The number of piperidine rings is 1. The number of carbonyl (C=O) groups excluding carboxylic acids is 1. The molecule has 0 radical (unpaired) electrons. The van der Waals surface area contributed by atoms with Gasteiger partial charge in [-0.3, -0.25) is 9.20 Å². The van der Waals surface area contributed by atoms with Crippen LogP contribution in [0.15, 0.2) is 18.3 Å². The molecule has 2 aliphatic rings. The van der Waals surface area contributed by atoms with E-state index in [9.17, 15) is 22.4 Å². The normalized spacial score (nSPS) is 27.7. The zero-order chi connectivity index (χ0) is 19.8. The largest absolute Gasteiger partial charge is 0.435 e. The van der Waals surface area contributed by atoms with Crippen molar-refractivity contribution in [3.05, 3.63) is 35.7 Å². The van der Waals surface area contributed by atoms with Crippen molar-refractivity contribution in [1.82, 2.24) is 20.0 Å². The van der Waals surface area contributed by atoms with Crippen molar-refractivity contribution in [3.8, 4) is 0 Å². The Balaban J connectivity index is 1.71. The number of fused-ring (bicyclic) bond motifs is 2. The molecule has 3 atom stereocenters. The molecule has 27 heavy (non-hydrogen) atoms. The van der Waals surface area contributed by atoms with E-state index in [0.29, 0.717) is 0 Å². The van der Waals surface area contributed by atoms with Gasteiger partial charge < -0.3 is 10.6 Å². The number of halogens is 4. The fourth-order valence-corrected chi connectivity index (χ4v) is 4.41. The second-order valence-corrected chi connectivity index (χ2v) is 8.19. The van der Waals surface area contributed by atoms with Gasteiger partial charge in [-0.2, -0.15) is 13.2 Å². The Hall–Kier alpha value is -2.16. The first-order valence-corrected chi connectivity index (χ1v) is 8.74. The molecule has 0 spiro atoms. The van der Waals surface area contributed by atoms with E-state index in [1.165, 1.54) is 12.3 Å². The minimum absolute atomic E-state index is 0.0632. The molecule has 2 fully saturated rings. The highest BCUT2D eigenvalue weighted by Crippen LogP contribution is 2.60. The van der Waals surface area contributed by atoms with Gasteiger partial charge in [-0.1, -0.05) is 6.92 Å². The lowest BCUT2D eigenvalue weighted by molar-refractivity contribution is -0.139. The van der Waals surface area contributed by atoms with Crippen molar-refractivity contribution in [2.24, 2.45) is 17.3 Å². The van der Waals surface area contributed by atoms with Crippen molar-refractivity contribution < 1.29 is 22.4 Å². The highest BCUT2D eigenvalue weighted by Gasteiger charge is 2.67. The van der Waals surface area contributed by atoms with Crippen molar-refractivity contribution in [2.75, 3.05) is 13.1 Å². The summed E-state index contributed by atoms with van der Waals surface area (Å²) in [6.45, 7) is 6.67. The molecule has 0 aromatic carbocycles. The lowest BCUT2D eigenvalue weighted by Crippen LogP contribution is -2.44. The van der Waals surface area contributed by atoms with Crippen molar-refractivity contribution in [3.63, 3.8) is 0 Å². The van der Waals surface area contributed by atoms with Crippen LogP contribution in [0.1, 0.15) is 32.3 Å². The quantitative estimate of drug-likeness (QED) is 0.800. The first-order chi connectivity index (χ1) is 12.5. The van der Waals surface area contributed by atoms with Crippen LogP contribution in [-0.4, -0.2) is 28.4 Å². The summed E-state index contributed by atoms with van der Waals surface area (Å²) < 4.78 is 55.3. The maximum absolute atomic E-state index is 14.1. The maximum Gasteiger partial charge on any atom is 0.435 e. The first-order valence-electron chi connectivity index (χ1n) is 8.74. The van der Waals surface area contributed by atoms with Crippen molar-refractivity contribution in [1.29, 1.82) is 0 Å². The van der Waals surface area contributed by atoms with E-state index < -0.39 is 28.7 Å². The Kier molecular flexibility index (Phi) is 3.67. The fourth-order valence-electron chi connectivity index (χ4n) is 4.41. The summed E-state index contributed by atoms with van der Waals surface area (Å²) in [4.78, 5) is 16.4. The molecular weight excluding hydrogens is 364 g/mol. The second kappa shape index (κ2) is 5.43. The zero-order valence-corrected chi connectivity index (χ0v) is 15.1. The van der Waals surface area contributed by atoms with Gasteiger partial charge in [0.25, 0.3) is 0 Å². The van der Waals surface area contributed by atoms with Gasteiger partial charge in [0.1, 0.15) is 17.2 Å². The summed E-state index contributed by atoms with van der Waals surface area (Å²) in [6, 6.07) is 2.27. The molecule has 3 heterocycles. The third-order valence-electron chi connectivity index (χ3n) is 5.88. The van der Waals surface area contributed by atoms with E-state index in [1.54, 1.807) is 13.8 Å². The minimum Gasteiger partial charge on any atom is -0.344 e. The monoisotopic (exact) mass is 384 g/mol. The molecule has 2 aromatic heterocycles. The lowest BCUT2D eigenvalue weighted by Gasteiger charge is -2.26. The smallest absolute Gasteiger partial charge is 0.344 e. The number of hydrogen-bond donors (Lipinski definition) is 2. The number of hydrogen-bond acceptors (Lipinski definition) is 3. The third kappa shape index (κ3) is 2.62. The number of imidazole rings is 1. The Morgan fingerprint density at radius 2 is 2.11 bits per heavy atom. The van der Waals surface area contributed by atoms with Gasteiger partial charge >= 0.3 is 6.18 Å². The first kappa shape index (κ1) is 18.2. The number of aromatic nitrogens is 2. The van der Waals surface area contributed by atoms with E-state index in [4.69, 9.17) is 0 Å². The van der Waals surface area contributed by atoms with E-state index in [2.05, 4.69) is 15.6 Å². The molecule has 1 saturated heterocycles. The molecule has 1 amide bonds. The Morgan fingerprint density at radius 3 is 2.70 bits per heavy atom. The Morgan fingerprint density at radius 1 is 1.41 bits per heavy atom. The van der Waals surface area contributed by atoms with Gasteiger partial charge in [0, 0.05) is 18.7 Å². The summed E-state index contributed by atoms with van der Waals surface area (Å²) in [7, 11) is 0. The van der Waals surface area contributed by atoms with Crippen LogP contribution >= 0.6 is 0 Å². The number of nitrogens with one attached hydrogen (secondary N) is 2. The van der Waals surface area contributed by atoms with Crippen LogP contribution in [0, 0.1) is 23.1 Å². The lowest BCUT2D eigenvalue weighted by atomic mass is 10.0. The van der Waals surface area contributed by atoms with Gasteiger partial charge in [-0.25, -0.2) is 9.37 Å². The van der Waals surface area contributed by atoms with Crippen LogP contribution in [0.4, 0.5) is 17.6 Å². The summed E-state index contributed by atoms with van der Waals surface area (Å²) in [5, 5.41) is 6.05. The van der Waals surface area contributed by atoms with Gasteiger partial charge in [0.05, 0.1) is 5.54 Å². The number of nitrogens with zero attached hydrogens (tertiary/aromatic N) is 2. The molecule has 1 aliphatic heterocycles. The van der Waals surface area contributed by atoms with Crippen molar-refractivity contribution >= 4 is 11.4 Å². The zero-order valence-electron chi connectivity index (χ0n) is 15.1. The van der Waals surface area contributed by atoms with Crippen molar-refractivity contribution in [2.45, 2.75) is 32.5 Å². The average molecular weight is 384 g/mol. The van der Waals surface area contributed by atoms with Gasteiger partial charge in [-0.05, 0) is 43.9 Å². The Labute approximate surface area is 153 Å². The Bertz CT molecular complexity index is 935. The SMILES string of the molecule is CC(C)(NC(=O)[C@@H]1[C@H]2CNC[C@]21C)c1nc(C(F)(F)F)c2c(F)cccn12. The fraction of sp³-hybridized carbons (Fsp3) is 0.556. The molecule has 0 unspecified atom stereocenters. The molecular formula is C18H20F4N4O. The second-order valence-electron chi connectivity index (χ2n) is 8.19. The number of alkyl halides is 3. The maximum atomic E-state index is 14.1. The number of rotatable bonds is 3. The van der Waals surface area contributed by atoms with Gasteiger partial charge in [0.15, 0.2) is 5.69 Å². The summed E-state index contributed by atoms with van der Waals surface area (Å²) in [5.41, 5.74) is -3.25. The number of amides is 1. The van der Waals surface area contributed by atoms with Crippen LogP contribution in [0.3, 0.4) is 0 Å². The molecule has 9 heteroatoms. The molecule has 146 valence electrons.